The van der Waals surface area contributed by atoms with Crippen molar-refractivity contribution in [2.45, 2.75) is 38.6 Å². The Balaban J connectivity index is 1.51. The number of likely N-dealkylation sites (tertiary alicyclic amines) is 1. The topological polar surface area (TPSA) is 72.4 Å². The fourth-order valence-corrected chi connectivity index (χ4v) is 5.71. The van der Waals surface area contributed by atoms with Crippen molar-refractivity contribution in [2.24, 2.45) is 0 Å². The lowest BCUT2D eigenvalue weighted by atomic mass is 9.95. The summed E-state index contributed by atoms with van der Waals surface area (Å²) in [7, 11) is 1.35. The smallest absolute Gasteiger partial charge is 0.410 e. The van der Waals surface area contributed by atoms with Crippen molar-refractivity contribution in [1.29, 1.82) is 0 Å². The fourth-order valence-electron chi connectivity index (χ4n) is 3.96. The first-order chi connectivity index (χ1) is 14.5. The van der Waals surface area contributed by atoms with E-state index in [1.807, 2.05) is 49.6 Å². The number of ether oxygens (including phenoxy) is 1. The van der Waals surface area contributed by atoms with Gasteiger partial charge in [-0.05, 0) is 25.8 Å². The van der Waals surface area contributed by atoms with E-state index < -0.39 is 12.1 Å². The number of hydrogen-bond acceptors (Lipinski definition) is 7. The number of nitrogens with zero attached hydrogens (tertiary/aromatic N) is 3. The largest absolute Gasteiger partial charge is 0.453 e. The van der Waals surface area contributed by atoms with Gasteiger partial charge in [-0.3, -0.25) is 9.69 Å². The normalized spacial score (nSPS) is 18.6. The zero-order valence-electron chi connectivity index (χ0n) is 17.1. The van der Waals surface area contributed by atoms with E-state index in [0.717, 1.165) is 31.8 Å². The molecule has 0 unspecified atom stereocenters. The first-order valence-corrected chi connectivity index (χ1v) is 11.5. The molecule has 1 aromatic carbocycles. The van der Waals surface area contributed by atoms with Gasteiger partial charge >= 0.3 is 6.09 Å². The molecule has 0 radical (unpaired) electrons. The second-order valence-corrected chi connectivity index (χ2v) is 9.54. The molecule has 1 saturated heterocycles. The number of rotatable bonds is 5. The van der Waals surface area contributed by atoms with Crippen LogP contribution in [0, 0.1) is 13.8 Å². The predicted molar refractivity (Wildman–Crippen MR) is 118 cm³/mol. The Kier molecular flexibility index (Phi) is 5.97. The fraction of sp³-hybridized carbons (Fsp3) is 0.364. The van der Waals surface area contributed by atoms with Gasteiger partial charge in [0.25, 0.3) is 0 Å². The van der Waals surface area contributed by atoms with Crippen LogP contribution in [0.25, 0.3) is 10.6 Å². The molecule has 30 heavy (non-hydrogen) atoms. The molecule has 8 heteroatoms. The number of aromatic nitrogens is 2. The maximum absolute atomic E-state index is 13.1. The molecule has 1 aliphatic rings. The monoisotopic (exact) mass is 441 g/mol. The van der Waals surface area contributed by atoms with Crippen LogP contribution in [0.1, 0.15) is 33.6 Å². The number of methoxy groups -OCH3 is 1. The highest BCUT2D eigenvalue weighted by Crippen LogP contribution is 2.34. The first-order valence-electron chi connectivity index (χ1n) is 9.77. The summed E-state index contributed by atoms with van der Waals surface area (Å²) in [6.45, 7) is 4.43. The molecule has 1 aliphatic heterocycles. The molecular weight excluding hydrogens is 418 g/mol. The molecule has 3 heterocycles. The van der Waals surface area contributed by atoms with Crippen molar-refractivity contribution in [1.82, 2.24) is 14.9 Å². The minimum Gasteiger partial charge on any atom is -0.453 e. The second-order valence-electron chi connectivity index (χ2n) is 7.40. The van der Waals surface area contributed by atoms with E-state index in [4.69, 9.17) is 4.74 Å². The minimum absolute atomic E-state index is 0.00283. The lowest BCUT2D eigenvalue weighted by molar-refractivity contribution is -0.122. The van der Waals surface area contributed by atoms with Crippen LogP contribution >= 0.6 is 22.7 Å². The quantitative estimate of drug-likeness (QED) is 0.578. The van der Waals surface area contributed by atoms with Crippen LogP contribution < -0.4 is 0 Å². The molecule has 4 rings (SSSR count). The van der Waals surface area contributed by atoms with Crippen molar-refractivity contribution in [3.63, 3.8) is 0 Å². The minimum atomic E-state index is -0.498. The molecule has 6 nitrogen and oxygen atoms in total. The number of benzene rings is 1. The summed E-state index contributed by atoms with van der Waals surface area (Å²) < 4.78 is 4.94. The van der Waals surface area contributed by atoms with Gasteiger partial charge in [-0.2, -0.15) is 0 Å². The van der Waals surface area contributed by atoms with Crippen LogP contribution in [0.5, 0.6) is 0 Å². The van der Waals surface area contributed by atoms with E-state index >= 15 is 0 Å². The van der Waals surface area contributed by atoms with Gasteiger partial charge < -0.3 is 4.74 Å². The third-order valence-corrected chi connectivity index (χ3v) is 7.31. The van der Waals surface area contributed by atoms with Crippen LogP contribution in [0.4, 0.5) is 4.79 Å². The van der Waals surface area contributed by atoms with Crippen molar-refractivity contribution in [3.8, 4) is 10.6 Å². The standard InChI is InChI=1S/C22H23N3O3S2/c1-13-21(30-14(2)23-13)17-12-29-20(24-17)10-19(26)18-9-16(11-25(18)22(27)28-3)15-7-5-4-6-8-15/h4-8,12,16,18H,9-11H2,1-3H3/t16-,18+/m1/s1. The molecular formula is C22H23N3O3S2. The van der Waals surface area contributed by atoms with Crippen molar-refractivity contribution in [3.05, 3.63) is 57.0 Å². The van der Waals surface area contributed by atoms with Crippen LogP contribution in [-0.2, 0) is 16.0 Å². The number of Topliss-reactive ketones (excluding diaryl/α,β-unsaturated/α-hetero) is 1. The molecule has 2 aromatic heterocycles. The van der Waals surface area contributed by atoms with Crippen LogP contribution in [0.2, 0.25) is 0 Å². The molecule has 0 aliphatic carbocycles. The zero-order chi connectivity index (χ0) is 21.3. The number of hydrogen-bond donors (Lipinski definition) is 0. The zero-order valence-corrected chi connectivity index (χ0v) is 18.8. The third kappa shape index (κ3) is 4.15. The highest BCUT2D eigenvalue weighted by atomic mass is 32.1. The summed E-state index contributed by atoms with van der Waals surface area (Å²) in [5, 5.41) is 3.73. The number of thiazole rings is 2. The molecule has 1 amide bonds. The van der Waals surface area contributed by atoms with Gasteiger partial charge in [0.1, 0.15) is 5.01 Å². The molecule has 1 fully saturated rings. The lowest BCUT2D eigenvalue weighted by Crippen LogP contribution is -2.41. The average molecular weight is 442 g/mol. The maximum atomic E-state index is 13.1. The molecule has 3 aromatic rings. The van der Waals surface area contributed by atoms with E-state index in [1.54, 1.807) is 16.2 Å². The highest BCUT2D eigenvalue weighted by molar-refractivity contribution is 7.16. The van der Waals surface area contributed by atoms with Crippen LogP contribution in [0.3, 0.4) is 0 Å². The van der Waals surface area contributed by atoms with E-state index in [1.165, 1.54) is 18.4 Å². The molecule has 0 spiro atoms. The summed E-state index contributed by atoms with van der Waals surface area (Å²) in [5.41, 5.74) is 2.96. The summed E-state index contributed by atoms with van der Waals surface area (Å²) in [4.78, 5) is 37.2. The Morgan fingerprint density at radius 1 is 1.20 bits per heavy atom. The Morgan fingerprint density at radius 2 is 1.97 bits per heavy atom. The first kappa shape index (κ1) is 20.7. The summed E-state index contributed by atoms with van der Waals surface area (Å²) in [6.07, 6.45) is 0.354. The maximum Gasteiger partial charge on any atom is 0.410 e. The Bertz CT molecular complexity index is 1060. The summed E-state index contributed by atoms with van der Waals surface area (Å²) >= 11 is 3.08. The van der Waals surface area contributed by atoms with E-state index in [-0.39, 0.29) is 18.1 Å². The van der Waals surface area contributed by atoms with Crippen LogP contribution in [0.15, 0.2) is 35.7 Å². The number of ketones is 1. The van der Waals surface area contributed by atoms with E-state index in [9.17, 15) is 9.59 Å². The molecule has 0 saturated carbocycles. The summed E-state index contributed by atoms with van der Waals surface area (Å²) in [5.74, 6) is 0.117. The van der Waals surface area contributed by atoms with Crippen molar-refractivity contribution in [2.75, 3.05) is 13.7 Å². The average Bonchev–Trinajstić information content (AvgIpc) is 3.46. The van der Waals surface area contributed by atoms with Gasteiger partial charge in [-0.1, -0.05) is 30.3 Å². The Labute approximate surface area is 183 Å². The van der Waals surface area contributed by atoms with Gasteiger partial charge in [0.15, 0.2) is 5.78 Å². The number of amides is 1. The molecule has 0 N–H and O–H groups in total. The van der Waals surface area contributed by atoms with Crippen LogP contribution in [-0.4, -0.2) is 46.4 Å². The van der Waals surface area contributed by atoms with Crippen molar-refractivity contribution < 1.29 is 14.3 Å². The SMILES string of the molecule is COC(=O)N1C[C@H](c2ccccc2)C[C@H]1C(=O)Cc1nc(-c2sc(C)nc2C)cs1. The van der Waals surface area contributed by atoms with Gasteiger partial charge in [0, 0.05) is 17.8 Å². The van der Waals surface area contributed by atoms with E-state index in [0.29, 0.717) is 13.0 Å². The lowest BCUT2D eigenvalue weighted by Gasteiger charge is -2.21. The number of carbonyl (C=O) groups is 2. The number of carbonyl (C=O) groups excluding carboxylic acids is 2. The molecule has 2 atom stereocenters. The highest BCUT2D eigenvalue weighted by Gasteiger charge is 2.40. The second kappa shape index (κ2) is 8.65. The Hall–Kier alpha value is -2.58. The van der Waals surface area contributed by atoms with Gasteiger partial charge in [0.05, 0.1) is 40.8 Å². The molecule has 0 bridgehead atoms. The van der Waals surface area contributed by atoms with E-state index in [2.05, 4.69) is 9.97 Å². The predicted octanol–water partition coefficient (Wildman–Crippen LogP) is 4.62. The summed E-state index contributed by atoms with van der Waals surface area (Å²) in [6, 6.07) is 9.51. The van der Waals surface area contributed by atoms with Gasteiger partial charge in [0.2, 0.25) is 0 Å². The number of aryl methyl sites for hydroxylation is 2. The molecule has 156 valence electrons. The van der Waals surface area contributed by atoms with Gasteiger partial charge in [-0.15, -0.1) is 22.7 Å². The Morgan fingerprint density at radius 3 is 2.63 bits per heavy atom. The van der Waals surface area contributed by atoms with Gasteiger partial charge in [-0.25, -0.2) is 14.8 Å². The van der Waals surface area contributed by atoms with Crippen molar-refractivity contribution >= 4 is 34.6 Å². The third-order valence-electron chi connectivity index (χ3n) is 5.37.